The van der Waals surface area contributed by atoms with Crippen LogP contribution in [-0.2, 0) is 9.59 Å². The van der Waals surface area contributed by atoms with Gasteiger partial charge in [0.05, 0.1) is 19.8 Å². The number of hydrogen-bond donors (Lipinski definition) is 1. The Morgan fingerprint density at radius 2 is 1.88 bits per heavy atom. The van der Waals surface area contributed by atoms with Crippen molar-refractivity contribution in [2.24, 2.45) is 0 Å². The quantitative estimate of drug-likeness (QED) is 0.617. The molecule has 0 bridgehead atoms. The number of carbonyl (C=O) groups excluding carboxylic acids is 1. The van der Waals surface area contributed by atoms with Crippen molar-refractivity contribution in [3.63, 3.8) is 0 Å². The van der Waals surface area contributed by atoms with E-state index in [-0.39, 0.29) is 5.57 Å². The Morgan fingerprint density at radius 1 is 1.24 bits per heavy atom. The van der Waals surface area contributed by atoms with Crippen LogP contribution in [0.4, 0.5) is 0 Å². The average Bonchev–Trinajstić information content (AvgIpc) is 2.34. The first kappa shape index (κ1) is 12.8. The van der Waals surface area contributed by atoms with Gasteiger partial charge < -0.3 is 14.6 Å². The van der Waals surface area contributed by atoms with Crippen molar-refractivity contribution in [2.45, 2.75) is 0 Å². The van der Waals surface area contributed by atoms with E-state index in [1.54, 1.807) is 12.1 Å². The van der Waals surface area contributed by atoms with Crippen LogP contribution in [0.2, 0.25) is 0 Å². The minimum absolute atomic E-state index is 0.0963. The number of ether oxygens (including phenoxy) is 2. The van der Waals surface area contributed by atoms with Gasteiger partial charge in [-0.3, -0.25) is 4.79 Å². The van der Waals surface area contributed by atoms with Crippen molar-refractivity contribution in [1.82, 2.24) is 0 Å². The Hall–Kier alpha value is -2.30. The summed E-state index contributed by atoms with van der Waals surface area (Å²) in [6, 6.07) is 4.63. The minimum Gasteiger partial charge on any atom is -0.493 e. The van der Waals surface area contributed by atoms with Crippen LogP contribution in [0.5, 0.6) is 11.5 Å². The molecule has 0 aliphatic rings. The molecule has 0 saturated carbocycles. The van der Waals surface area contributed by atoms with Gasteiger partial charge in [-0.15, -0.1) is 0 Å². The number of carbonyl (C=O) groups is 2. The topological polar surface area (TPSA) is 72.8 Å². The predicted molar refractivity (Wildman–Crippen MR) is 61.2 cm³/mol. The summed E-state index contributed by atoms with van der Waals surface area (Å²) in [6.07, 6.45) is 1.42. The van der Waals surface area contributed by atoms with Crippen molar-refractivity contribution < 1.29 is 24.2 Å². The van der Waals surface area contributed by atoms with Crippen LogP contribution in [0.25, 0.3) is 5.57 Å². The van der Waals surface area contributed by atoms with E-state index in [9.17, 15) is 9.59 Å². The van der Waals surface area contributed by atoms with E-state index >= 15 is 0 Å². The Balaban J connectivity index is 3.27. The van der Waals surface area contributed by atoms with Crippen LogP contribution in [0.15, 0.2) is 24.3 Å². The Morgan fingerprint density at radius 3 is 2.35 bits per heavy atom. The summed E-state index contributed by atoms with van der Waals surface area (Å²) in [4.78, 5) is 21.3. The highest BCUT2D eigenvalue weighted by Crippen LogP contribution is 2.30. The fourth-order valence-electron chi connectivity index (χ4n) is 1.36. The van der Waals surface area contributed by atoms with Crippen LogP contribution >= 0.6 is 0 Å². The maximum absolute atomic E-state index is 10.9. The van der Waals surface area contributed by atoms with Crippen LogP contribution in [0, 0.1) is 0 Å². The summed E-state index contributed by atoms with van der Waals surface area (Å²) in [6.45, 7) is 0. The first-order chi connectivity index (χ1) is 8.13. The molecular formula is C12H12O5. The third-order valence-electron chi connectivity index (χ3n) is 2.16. The van der Waals surface area contributed by atoms with E-state index in [4.69, 9.17) is 14.6 Å². The smallest absolute Gasteiger partial charge is 0.336 e. The number of methoxy groups -OCH3 is 2. The number of aldehydes is 1. The monoisotopic (exact) mass is 236 g/mol. The molecule has 0 aliphatic heterocycles. The molecule has 1 rings (SSSR count). The van der Waals surface area contributed by atoms with Crippen LogP contribution in [-0.4, -0.2) is 31.6 Å². The molecule has 0 radical (unpaired) electrons. The first-order valence-electron chi connectivity index (χ1n) is 4.75. The number of hydrogen-bond acceptors (Lipinski definition) is 4. The lowest BCUT2D eigenvalue weighted by atomic mass is 10.1. The van der Waals surface area contributed by atoms with Crippen molar-refractivity contribution in [3.8, 4) is 11.5 Å². The number of benzene rings is 1. The highest BCUT2D eigenvalue weighted by molar-refractivity contribution is 6.18. The van der Waals surface area contributed by atoms with Gasteiger partial charge in [-0.1, -0.05) is 6.07 Å². The van der Waals surface area contributed by atoms with Crippen LogP contribution in [0.1, 0.15) is 5.56 Å². The van der Waals surface area contributed by atoms with Gasteiger partial charge >= 0.3 is 5.97 Å². The summed E-state index contributed by atoms with van der Waals surface area (Å²) in [7, 11) is 2.93. The van der Waals surface area contributed by atoms with Crippen LogP contribution in [0.3, 0.4) is 0 Å². The van der Waals surface area contributed by atoms with Crippen LogP contribution < -0.4 is 9.47 Å². The zero-order chi connectivity index (χ0) is 12.8. The zero-order valence-electron chi connectivity index (χ0n) is 9.47. The number of carboxylic acid groups (broad SMARTS) is 1. The number of aliphatic carboxylic acids is 1. The van der Waals surface area contributed by atoms with E-state index in [1.165, 1.54) is 20.3 Å². The second kappa shape index (κ2) is 5.69. The maximum atomic E-state index is 10.9. The number of allylic oxidation sites excluding steroid dienone is 1. The number of rotatable bonds is 5. The first-order valence-corrected chi connectivity index (χ1v) is 4.75. The van der Waals surface area contributed by atoms with Gasteiger partial charge in [0.15, 0.2) is 11.5 Å². The summed E-state index contributed by atoms with van der Waals surface area (Å²) in [5.74, 6) is -0.278. The van der Waals surface area contributed by atoms with Gasteiger partial charge in [0, 0.05) is 0 Å². The molecule has 0 unspecified atom stereocenters. The highest BCUT2D eigenvalue weighted by atomic mass is 16.5. The SMILES string of the molecule is COc1ccc(/C(=C\C=O)C(=O)O)cc1OC. The molecule has 1 N–H and O–H groups in total. The molecule has 1 aromatic rings. The van der Waals surface area contributed by atoms with Gasteiger partial charge in [-0.05, 0) is 23.8 Å². The maximum Gasteiger partial charge on any atom is 0.336 e. The standard InChI is InChI=1S/C12H12O5/c1-16-10-4-3-8(7-11(10)17-2)9(5-6-13)12(14)15/h3-7H,1-2H3,(H,14,15)/b9-5+. The van der Waals surface area contributed by atoms with E-state index < -0.39 is 5.97 Å². The van der Waals surface area contributed by atoms with Gasteiger partial charge in [0.2, 0.25) is 0 Å². The van der Waals surface area contributed by atoms with Crippen molar-refractivity contribution >= 4 is 17.8 Å². The zero-order valence-corrected chi connectivity index (χ0v) is 9.47. The molecule has 90 valence electrons. The lowest BCUT2D eigenvalue weighted by Gasteiger charge is -2.09. The lowest BCUT2D eigenvalue weighted by molar-refractivity contribution is -0.130. The molecule has 17 heavy (non-hydrogen) atoms. The lowest BCUT2D eigenvalue weighted by Crippen LogP contribution is -2.01. The molecule has 5 heteroatoms. The van der Waals surface area contributed by atoms with E-state index in [0.717, 1.165) is 6.08 Å². The molecule has 0 spiro atoms. The molecule has 0 aromatic heterocycles. The second-order valence-electron chi connectivity index (χ2n) is 3.09. The molecule has 0 aliphatic carbocycles. The summed E-state index contributed by atoms with van der Waals surface area (Å²) >= 11 is 0. The Bertz CT molecular complexity index is 462. The minimum atomic E-state index is -1.18. The molecule has 5 nitrogen and oxygen atoms in total. The molecule has 1 aromatic carbocycles. The van der Waals surface area contributed by atoms with E-state index in [0.29, 0.717) is 23.3 Å². The van der Waals surface area contributed by atoms with Gasteiger partial charge in [0.1, 0.15) is 6.29 Å². The Labute approximate surface area is 98.3 Å². The van der Waals surface area contributed by atoms with Gasteiger partial charge in [0.25, 0.3) is 0 Å². The fourth-order valence-corrected chi connectivity index (χ4v) is 1.36. The normalized spacial score (nSPS) is 10.8. The summed E-state index contributed by atoms with van der Waals surface area (Å²) in [5, 5.41) is 8.95. The largest absolute Gasteiger partial charge is 0.493 e. The molecule has 0 fully saturated rings. The summed E-state index contributed by atoms with van der Waals surface area (Å²) in [5.41, 5.74) is 0.281. The van der Waals surface area contributed by atoms with E-state index in [1.807, 2.05) is 0 Å². The predicted octanol–water partition coefficient (Wildman–Crippen LogP) is 1.37. The highest BCUT2D eigenvalue weighted by Gasteiger charge is 2.13. The molecular weight excluding hydrogens is 224 g/mol. The second-order valence-corrected chi connectivity index (χ2v) is 3.09. The third-order valence-corrected chi connectivity index (χ3v) is 2.16. The van der Waals surface area contributed by atoms with Gasteiger partial charge in [-0.25, -0.2) is 4.79 Å². The molecule has 0 saturated heterocycles. The molecule has 0 amide bonds. The molecule has 0 atom stereocenters. The number of carboxylic acids is 1. The Kier molecular flexibility index (Phi) is 4.28. The van der Waals surface area contributed by atoms with E-state index in [2.05, 4.69) is 0 Å². The van der Waals surface area contributed by atoms with Crippen molar-refractivity contribution in [3.05, 3.63) is 29.8 Å². The average molecular weight is 236 g/mol. The molecule has 0 heterocycles. The third kappa shape index (κ3) is 2.84. The van der Waals surface area contributed by atoms with Crippen molar-refractivity contribution in [2.75, 3.05) is 14.2 Å². The van der Waals surface area contributed by atoms with Gasteiger partial charge in [-0.2, -0.15) is 0 Å². The van der Waals surface area contributed by atoms with Crippen molar-refractivity contribution in [1.29, 1.82) is 0 Å². The fraction of sp³-hybridized carbons (Fsp3) is 0.167. The summed E-state index contributed by atoms with van der Waals surface area (Å²) < 4.78 is 10.1.